The molecule has 1 saturated heterocycles. The minimum absolute atomic E-state index is 0.0527. The largest absolute Gasteiger partial charge is 0.464 e. The van der Waals surface area contributed by atoms with Crippen LogP contribution < -0.4 is 5.32 Å². The maximum Gasteiger partial charge on any atom is 0.226 e. The Kier molecular flexibility index (Phi) is 3.28. The molecule has 2 aliphatic rings. The maximum absolute atomic E-state index is 12.2. The highest BCUT2D eigenvalue weighted by atomic mass is 16.3. The van der Waals surface area contributed by atoms with E-state index in [0.29, 0.717) is 19.0 Å². The number of rotatable bonds is 4. The van der Waals surface area contributed by atoms with E-state index in [2.05, 4.69) is 5.32 Å². The molecule has 0 spiro atoms. The van der Waals surface area contributed by atoms with Crippen LogP contribution in [0.1, 0.15) is 43.7 Å². The van der Waals surface area contributed by atoms with Gasteiger partial charge >= 0.3 is 0 Å². The van der Waals surface area contributed by atoms with Crippen molar-refractivity contribution < 1.29 is 14.0 Å². The molecule has 2 fully saturated rings. The molecule has 2 atom stereocenters. The van der Waals surface area contributed by atoms with Gasteiger partial charge in [0.1, 0.15) is 11.5 Å². The average molecular weight is 276 g/mol. The molecular formula is C15H20N2O3. The number of nitrogens with zero attached hydrogens (tertiary/aromatic N) is 1. The molecule has 20 heavy (non-hydrogen) atoms. The number of aryl methyl sites for hydroxylation is 1. The topological polar surface area (TPSA) is 62.6 Å². The molecule has 1 aromatic heterocycles. The number of hydrogen-bond acceptors (Lipinski definition) is 3. The number of furan rings is 1. The lowest BCUT2D eigenvalue weighted by atomic mass is 10.1. The van der Waals surface area contributed by atoms with Gasteiger partial charge in [-0.1, -0.05) is 0 Å². The average Bonchev–Trinajstić information content (AvgIpc) is 3.03. The number of nitrogens with one attached hydrogen (secondary N) is 1. The van der Waals surface area contributed by atoms with E-state index in [1.165, 1.54) is 0 Å². The fraction of sp³-hybridized carbons (Fsp3) is 0.600. The highest BCUT2D eigenvalue weighted by Crippen LogP contribution is 2.32. The van der Waals surface area contributed by atoms with Gasteiger partial charge < -0.3 is 14.6 Å². The van der Waals surface area contributed by atoms with Crippen LogP contribution in [0.4, 0.5) is 0 Å². The molecule has 1 aromatic rings. The summed E-state index contributed by atoms with van der Waals surface area (Å²) in [7, 11) is 0. The molecule has 3 rings (SSSR count). The summed E-state index contributed by atoms with van der Waals surface area (Å²) in [4.78, 5) is 26.0. The van der Waals surface area contributed by atoms with Crippen molar-refractivity contribution in [3.8, 4) is 0 Å². The van der Waals surface area contributed by atoms with E-state index in [9.17, 15) is 9.59 Å². The molecule has 1 aliphatic heterocycles. The van der Waals surface area contributed by atoms with Crippen LogP contribution in [0.25, 0.3) is 0 Å². The molecule has 1 aliphatic carbocycles. The Balaban J connectivity index is 1.58. The zero-order valence-corrected chi connectivity index (χ0v) is 11.9. The number of likely N-dealkylation sites (tertiary alicyclic amines) is 1. The summed E-state index contributed by atoms with van der Waals surface area (Å²) < 4.78 is 5.51. The minimum atomic E-state index is -0.221. The van der Waals surface area contributed by atoms with Crippen LogP contribution in [-0.4, -0.2) is 29.3 Å². The van der Waals surface area contributed by atoms with Crippen molar-refractivity contribution in [1.82, 2.24) is 10.2 Å². The summed E-state index contributed by atoms with van der Waals surface area (Å²) in [6, 6.07) is 3.98. The fourth-order valence-electron chi connectivity index (χ4n) is 2.73. The van der Waals surface area contributed by atoms with Crippen molar-refractivity contribution in [2.24, 2.45) is 5.92 Å². The van der Waals surface area contributed by atoms with Gasteiger partial charge in [0, 0.05) is 19.0 Å². The Morgan fingerprint density at radius 2 is 2.20 bits per heavy atom. The molecule has 0 aromatic carbocycles. The van der Waals surface area contributed by atoms with Crippen molar-refractivity contribution in [2.45, 2.75) is 45.2 Å². The lowest BCUT2D eigenvalue weighted by molar-refractivity contribution is -0.129. The smallest absolute Gasteiger partial charge is 0.226 e. The third-order valence-electron chi connectivity index (χ3n) is 4.06. The van der Waals surface area contributed by atoms with Gasteiger partial charge in [-0.3, -0.25) is 9.59 Å². The van der Waals surface area contributed by atoms with Crippen LogP contribution in [0.15, 0.2) is 16.5 Å². The van der Waals surface area contributed by atoms with Gasteiger partial charge in [-0.05, 0) is 38.8 Å². The van der Waals surface area contributed by atoms with E-state index in [0.717, 1.165) is 24.4 Å². The van der Waals surface area contributed by atoms with Crippen LogP contribution in [0, 0.1) is 12.8 Å². The number of carbonyl (C=O) groups excluding carboxylic acids is 2. The van der Waals surface area contributed by atoms with Gasteiger partial charge in [-0.2, -0.15) is 0 Å². The Hall–Kier alpha value is -1.78. The summed E-state index contributed by atoms with van der Waals surface area (Å²) >= 11 is 0. The lowest BCUT2D eigenvalue weighted by Gasteiger charge is -2.17. The standard InChI is InChI=1S/C15H20N2O3/c1-9-3-6-13(20-9)10(2)16-15(19)11-7-14(18)17(8-11)12-4-5-12/h3,6,10-12H,4-5,7-8H2,1-2H3,(H,16,19)/t10-,11-/m1/s1. The van der Waals surface area contributed by atoms with Crippen LogP contribution >= 0.6 is 0 Å². The first-order chi connectivity index (χ1) is 9.54. The van der Waals surface area contributed by atoms with Crippen LogP contribution in [0.2, 0.25) is 0 Å². The van der Waals surface area contributed by atoms with Crippen LogP contribution in [0.5, 0.6) is 0 Å². The SMILES string of the molecule is Cc1ccc([C@@H](C)NC(=O)[C@@H]2CC(=O)N(C3CC3)C2)o1. The predicted molar refractivity (Wildman–Crippen MR) is 72.8 cm³/mol. The van der Waals surface area contributed by atoms with Crippen molar-refractivity contribution >= 4 is 11.8 Å². The summed E-state index contributed by atoms with van der Waals surface area (Å²) in [6.45, 7) is 4.34. The highest BCUT2D eigenvalue weighted by molar-refractivity contribution is 5.89. The van der Waals surface area contributed by atoms with Crippen LogP contribution in [-0.2, 0) is 9.59 Å². The maximum atomic E-state index is 12.2. The van der Waals surface area contributed by atoms with Gasteiger partial charge in [-0.15, -0.1) is 0 Å². The highest BCUT2D eigenvalue weighted by Gasteiger charge is 2.41. The molecule has 0 bridgehead atoms. The Labute approximate surface area is 118 Å². The molecule has 1 saturated carbocycles. The Bertz CT molecular complexity index is 533. The predicted octanol–water partition coefficient (Wildman–Crippen LogP) is 1.78. The molecule has 0 unspecified atom stereocenters. The summed E-state index contributed by atoms with van der Waals surface area (Å²) in [5.74, 6) is 1.43. The lowest BCUT2D eigenvalue weighted by Crippen LogP contribution is -2.34. The van der Waals surface area contributed by atoms with E-state index in [-0.39, 0.29) is 23.8 Å². The van der Waals surface area contributed by atoms with Gasteiger partial charge in [0.2, 0.25) is 11.8 Å². The summed E-state index contributed by atoms with van der Waals surface area (Å²) in [5, 5.41) is 2.94. The van der Waals surface area contributed by atoms with E-state index in [1.54, 1.807) is 0 Å². The molecular weight excluding hydrogens is 256 g/mol. The van der Waals surface area contributed by atoms with E-state index in [4.69, 9.17) is 4.42 Å². The van der Waals surface area contributed by atoms with E-state index < -0.39 is 0 Å². The Morgan fingerprint density at radius 1 is 1.45 bits per heavy atom. The third-order valence-corrected chi connectivity index (χ3v) is 4.06. The molecule has 5 nitrogen and oxygen atoms in total. The minimum Gasteiger partial charge on any atom is -0.464 e. The first kappa shape index (κ1) is 13.2. The number of amides is 2. The first-order valence-electron chi connectivity index (χ1n) is 7.21. The van der Waals surface area contributed by atoms with Gasteiger partial charge in [0.05, 0.1) is 12.0 Å². The molecule has 5 heteroatoms. The molecule has 1 N–H and O–H groups in total. The number of carbonyl (C=O) groups is 2. The van der Waals surface area contributed by atoms with E-state index >= 15 is 0 Å². The van der Waals surface area contributed by atoms with Gasteiger partial charge in [-0.25, -0.2) is 0 Å². The second kappa shape index (κ2) is 4.96. The molecule has 2 amide bonds. The van der Waals surface area contributed by atoms with Crippen molar-refractivity contribution in [3.63, 3.8) is 0 Å². The molecule has 108 valence electrons. The van der Waals surface area contributed by atoms with Gasteiger partial charge in [0.15, 0.2) is 0 Å². The van der Waals surface area contributed by atoms with Gasteiger partial charge in [0.25, 0.3) is 0 Å². The first-order valence-corrected chi connectivity index (χ1v) is 7.21. The third kappa shape index (κ3) is 2.57. The van der Waals surface area contributed by atoms with Crippen LogP contribution in [0.3, 0.4) is 0 Å². The monoisotopic (exact) mass is 276 g/mol. The van der Waals surface area contributed by atoms with Crippen molar-refractivity contribution in [3.05, 3.63) is 23.7 Å². The quantitative estimate of drug-likeness (QED) is 0.911. The second-order valence-electron chi connectivity index (χ2n) is 5.86. The summed E-state index contributed by atoms with van der Waals surface area (Å²) in [6.07, 6.45) is 2.51. The number of hydrogen-bond donors (Lipinski definition) is 1. The normalized spacial score (nSPS) is 24.0. The Morgan fingerprint density at radius 3 is 2.80 bits per heavy atom. The zero-order chi connectivity index (χ0) is 14.3. The molecule has 0 radical (unpaired) electrons. The van der Waals surface area contributed by atoms with Crippen molar-refractivity contribution in [1.29, 1.82) is 0 Å². The van der Waals surface area contributed by atoms with E-state index in [1.807, 2.05) is 30.9 Å². The second-order valence-corrected chi connectivity index (χ2v) is 5.86. The summed E-state index contributed by atoms with van der Waals surface area (Å²) in [5.41, 5.74) is 0. The molecule has 2 heterocycles. The van der Waals surface area contributed by atoms with Crippen molar-refractivity contribution in [2.75, 3.05) is 6.54 Å². The zero-order valence-electron chi connectivity index (χ0n) is 11.9. The fourth-order valence-corrected chi connectivity index (χ4v) is 2.73.